The average molecular weight is 752 g/mol. The normalized spacial score (nSPS) is 15.5. The number of hydrogen-bond acceptors (Lipinski definition) is 7. The van der Waals surface area contributed by atoms with E-state index in [0.717, 1.165) is 23.8 Å². The van der Waals surface area contributed by atoms with Gasteiger partial charge in [-0.1, -0.05) is 41.9 Å². The van der Waals surface area contributed by atoms with Gasteiger partial charge in [0.2, 0.25) is 11.7 Å². The zero-order valence-electron chi connectivity index (χ0n) is 27.8. The quantitative estimate of drug-likeness (QED) is 0.0486. The van der Waals surface area contributed by atoms with Crippen LogP contribution in [0, 0.1) is 45.1 Å². The Kier molecular flexibility index (Phi) is 12.9. The van der Waals surface area contributed by atoms with Crippen molar-refractivity contribution in [1.82, 2.24) is 9.80 Å². The number of benzene rings is 3. The van der Waals surface area contributed by atoms with Gasteiger partial charge in [0.15, 0.2) is 17.4 Å². The predicted molar refractivity (Wildman–Crippen MR) is 178 cm³/mol. The Labute approximate surface area is 300 Å². The molecule has 2 aliphatic rings. The molecule has 1 atom stereocenters. The topological polar surface area (TPSA) is 111 Å². The summed E-state index contributed by atoms with van der Waals surface area (Å²) < 4.78 is 80.9. The molecule has 1 heterocycles. The first-order valence-electron chi connectivity index (χ1n) is 16.6. The maximum absolute atomic E-state index is 14.8. The van der Waals surface area contributed by atoms with Crippen molar-refractivity contribution >= 4 is 29.2 Å². The van der Waals surface area contributed by atoms with E-state index in [2.05, 4.69) is 4.84 Å². The van der Waals surface area contributed by atoms with E-state index >= 15 is 0 Å². The number of hydrogen-bond donors (Lipinski definition) is 0. The third-order valence-corrected chi connectivity index (χ3v) is 9.12. The summed E-state index contributed by atoms with van der Waals surface area (Å²) >= 11 is 6.12. The summed E-state index contributed by atoms with van der Waals surface area (Å²) in [7, 11) is 0. The Morgan fingerprint density at radius 3 is 2.27 bits per heavy atom. The van der Waals surface area contributed by atoms with Crippen molar-refractivity contribution in [2.45, 2.75) is 51.1 Å². The molecule has 1 saturated carbocycles. The molecule has 5 rings (SSSR count). The second kappa shape index (κ2) is 17.5. The molecule has 10 nitrogen and oxygen atoms in total. The first kappa shape index (κ1) is 38.3. The summed E-state index contributed by atoms with van der Waals surface area (Å²) in [5.74, 6) is -7.32. The third kappa shape index (κ3) is 9.69. The molecule has 0 saturated heterocycles. The van der Waals surface area contributed by atoms with Gasteiger partial charge in [-0.05, 0) is 79.5 Å². The lowest BCUT2D eigenvalue weighted by Crippen LogP contribution is -2.47. The highest BCUT2D eigenvalue weighted by atomic mass is 35.5. The SMILES string of the molecule is O=C(OCCCCO[N+](=O)[O-])N1CC=C(c2ccc(CCCOc3c(F)ccc(F)c3F)cc2)C(C(=O)N(Cc2c(F)ccc(F)c2Cl)C2CC2)C1. The van der Waals surface area contributed by atoms with Gasteiger partial charge in [-0.15, -0.1) is 10.1 Å². The zero-order valence-corrected chi connectivity index (χ0v) is 28.6. The Morgan fingerprint density at radius 1 is 0.885 bits per heavy atom. The monoisotopic (exact) mass is 751 g/mol. The van der Waals surface area contributed by atoms with Crippen LogP contribution in [0.3, 0.4) is 0 Å². The van der Waals surface area contributed by atoms with Crippen molar-refractivity contribution in [2.24, 2.45) is 5.92 Å². The Hall–Kier alpha value is -4.92. The van der Waals surface area contributed by atoms with Crippen LogP contribution in [0.5, 0.6) is 5.75 Å². The largest absolute Gasteiger partial charge is 0.488 e. The van der Waals surface area contributed by atoms with E-state index in [4.69, 9.17) is 21.1 Å². The van der Waals surface area contributed by atoms with Crippen molar-refractivity contribution in [3.05, 3.63) is 116 Å². The van der Waals surface area contributed by atoms with Crippen LogP contribution < -0.4 is 4.74 Å². The minimum Gasteiger partial charge on any atom is -0.488 e. The third-order valence-electron chi connectivity index (χ3n) is 8.71. The molecule has 0 bridgehead atoms. The van der Waals surface area contributed by atoms with Gasteiger partial charge in [0.1, 0.15) is 11.6 Å². The minimum atomic E-state index is -1.40. The number of carbonyl (C=O) groups excluding carboxylic acids is 2. The molecule has 0 spiro atoms. The highest BCUT2D eigenvalue weighted by molar-refractivity contribution is 6.31. The molecule has 3 aromatic carbocycles. The molecular weight excluding hydrogens is 717 g/mol. The van der Waals surface area contributed by atoms with Crippen LogP contribution in [-0.2, 0) is 27.3 Å². The molecule has 3 aromatic rings. The molecule has 0 aromatic heterocycles. The second-order valence-electron chi connectivity index (χ2n) is 12.3. The molecule has 1 unspecified atom stereocenters. The number of halogens is 6. The van der Waals surface area contributed by atoms with E-state index in [-0.39, 0.29) is 57.5 Å². The molecule has 2 amide bonds. The van der Waals surface area contributed by atoms with Crippen LogP contribution in [0.25, 0.3) is 5.57 Å². The second-order valence-corrected chi connectivity index (χ2v) is 12.7. The number of aryl methyl sites for hydroxylation is 1. The lowest BCUT2D eigenvalue weighted by atomic mass is 9.87. The summed E-state index contributed by atoms with van der Waals surface area (Å²) in [6.07, 6.45) is 3.72. The zero-order chi connectivity index (χ0) is 37.4. The molecule has 1 fully saturated rings. The van der Waals surface area contributed by atoms with Gasteiger partial charge in [-0.2, -0.15) is 4.39 Å². The van der Waals surface area contributed by atoms with Gasteiger partial charge < -0.3 is 24.1 Å². The van der Waals surface area contributed by atoms with E-state index in [9.17, 15) is 41.7 Å². The number of carbonyl (C=O) groups is 2. The van der Waals surface area contributed by atoms with Crippen molar-refractivity contribution in [3.8, 4) is 5.75 Å². The smallest absolute Gasteiger partial charge is 0.410 e. The molecule has 1 aliphatic carbocycles. The van der Waals surface area contributed by atoms with Gasteiger partial charge >= 0.3 is 6.09 Å². The number of rotatable bonds is 16. The van der Waals surface area contributed by atoms with Crippen molar-refractivity contribution in [2.75, 3.05) is 32.9 Å². The first-order valence-corrected chi connectivity index (χ1v) is 17.0. The highest BCUT2D eigenvalue weighted by Crippen LogP contribution is 2.37. The summed E-state index contributed by atoms with van der Waals surface area (Å²) in [5.41, 5.74) is 1.97. The Morgan fingerprint density at radius 2 is 1.56 bits per heavy atom. The standard InChI is InChI=1S/C36H35ClF5N3O7/c37-32-27(28(38)11-12-29(32)39)21-44(24-9-10-24)35(46)26-20-43(36(47)51-17-1-2-19-52-45(48)49)16-15-25(26)23-7-5-22(6-8-23)4-3-18-50-34-31(41)14-13-30(40)33(34)42/h5-8,11-15,24,26H,1-4,9-10,16-21H2. The van der Waals surface area contributed by atoms with Crippen LogP contribution in [0.1, 0.15) is 48.8 Å². The molecule has 1 aliphatic heterocycles. The van der Waals surface area contributed by atoms with Crippen LogP contribution >= 0.6 is 11.6 Å². The summed E-state index contributed by atoms with van der Waals surface area (Å²) in [5, 5.41) is 9.00. The first-order chi connectivity index (χ1) is 24.9. The van der Waals surface area contributed by atoms with Crippen molar-refractivity contribution in [3.63, 3.8) is 0 Å². The highest BCUT2D eigenvalue weighted by Gasteiger charge is 2.40. The maximum Gasteiger partial charge on any atom is 0.410 e. The summed E-state index contributed by atoms with van der Waals surface area (Å²) in [4.78, 5) is 44.8. The fourth-order valence-corrected chi connectivity index (χ4v) is 6.04. The fraction of sp³-hybridized carbons (Fsp3) is 0.389. The molecule has 0 radical (unpaired) electrons. The lowest BCUT2D eigenvalue weighted by Gasteiger charge is -2.35. The molecule has 278 valence electrons. The van der Waals surface area contributed by atoms with Crippen LogP contribution in [0.2, 0.25) is 5.02 Å². The van der Waals surface area contributed by atoms with Crippen LogP contribution in [0.4, 0.5) is 26.7 Å². The predicted octanol–water partition coefficient (Wildman–Crippen LogP) is 7.68. The molecule has 52 heavy (non-hydrogen) atoms. The average Bonchev–Trinajstić information content (AvgIpc) is 3.98. The van der Waals surface area contributed by atoms with E-state index < -0.39 is 62.9 Å². The summed E-state index contributed by atoms with van der Waals surface area (Å²) in [6.45, 7) is -0.518. The number of amides is 2. The van der Waals surface area contributed by atoms with E-state index in [0.29, 0.717) is 49.3 Å². The lowest BCUT2D eigenvalue weighted by molar-refractivity contribution is -0.757. The Balaban J connectivity index is 1.30. The van der Waals surface area contributed by atoms with Gasteiger partial charge in [0.25, 0.3) is 5.09 Å². The van der Waals surface area contributed by atoms with Crippen molar-refractivity contribution < 1.29 is 50.9 Å². The van der Waals surface area contributed by atoms with Gasteiger partial charge in [0, 0.05) is 24.7 Å². The summed E-state index contributed by atoms with van der Waals surface area (Å²) in [6, 6.07) is 10.3. The van der Waals surface area contributed by atoms with E-state index in [1.54, 1.807) is 18.2 Å². The molecular formula is C36H35ClF5N3O7. The maximum atomic E-state index is 14.8. The fourth-order valence-electron chi connectivity index (χ4n) is 5.83. The number of ether oxygens (including phenoxy) is 2. The van der Waals surface area contributed by atoms with Crippen molar-refractivity contribution in [1.29, 1.82) is 0 Å². The van der Waals surface area contributed by atoms with Crippen LogP contribution in [0.15, 0.2) is 54.6 Å². The molecule has 0 N–H and O–H groups in total. The Bertz CT molecular complexity index is 1810. The van der Waals surface area contributed by atoms with Crippen LogP contribution in [-0.4, -0.2) is 65.8 Å². The van der Waals surface area contributed by atoms with Gasteiger partial charge in [0.05, 0.1) is 37.3 Å². The number of unbranched alkanes of at least 4 members (excludes halogenated alkanes) is 1. The van der Waals surface area contributed by atoms with E-state index in [1.165, 1.54) is 9.80 Å². The van der Waals surface area contributed by atoms with Gasteiger partial charge in [-0.25, -0.2) is 22.4 Å². The van der Waals surface area contributed by atoms with Gasteiger partial charge in [-0.3, -0.25) is 4.79 Å². The molecule has 16 heteroatoms. The number of nitrogens with zero attached hydrogens (tertiary/aromatic N) is 3. The minimum absolute atomic E-state index is 0.0320. The van der Waals surface area contributed by atoms with E-state index in [1.807, 2.05) is 12.1 Å².